The molecule has 0 bridgehead atoms. The number of hydrogen-bond acceptors (Lipinski definition) is 4. The Morgan fingerprint density at radius 3 is 2.75 bits per heavy atom. The van der Waals surface area contributed by atoms with Crippen molar-refractivity contribution in [2.75, 3.05) is 23.3 Å². The van der Waals surface area contributed by atoms with Crippen LogP contribution in [0.15, 0.2) is 34.9 Å². The molecular formula is C15H17BrN4. The van der Waals surface area contributed by atoms with E-state index in [0.29, 0.717) is 5.95 Å². The number of anilines is 3. The Balaban J connectivity index is 1.79. The average Bonchev–Trinajstić information content (AvgIpc) is 2.97. The van der Waals surface area contributed by atoms with Gasteiger partial charge in [0.15, 0.2) is 0 Å². The first kappa shape index (κ1) is 13.4. The first-order valence-electron chi connectivity index (χ1n) is 6.83. The van der Waals surface area contributed by atoms with Gasteiger partial charge in [0, 0.05) is 29.4 Å². The van der Waals surface area contributed by atoms with Crippen LogP contribution in [-0.2, 0) is 0 Å². The van der Waals surface area contributed by atoms with Gasteiger partial charge in [-0.15, -0.1) is 0 Å². The maximum absolute atomic E-state index is 4.59. The molecule has 5 heteroatoms. The lowest BCUT2D eigenvalue weighted by atomic mass is 10.2. The molecule has 0 spiro atoms. The third kappa shape index (κ3) is 2.93. The van der Waals surface area contributed by atoms with E-state index in [1.54, 1.807) is 0 Å². The SMILES string of the molecule is Cc1cc(Nc2nccc(N3CCCC3)n2)ccc1Br. The summed E-state index contributed by atoms with van der Waals surface area (Å²) in [4.78, 5) is 11.2. The molecule has 1 N–H and O–H groups in total. The van der Waals surface area contributed by atoms with Crippen molar-refractivity contribution in [3.8, 4) is 0 Å². The van der Waals surface area contributed by atoms with Crippen LogP contribution >= 0.6 is 15.9 Å². The zero-order valence-electron chi connectivity index (χ0n) is 11.4. The molecule has 104 valence electrons. The molecule has 1 aliphatic heterocycles. The van der Waals surface area contributed by atoms with Crippen LogP contribution in [0.4, 0.5) is 17.5 Å². The number of aromatic nitrogens is 2. The number of hydrogen-bond donors (Lipinski definition) is 1. The summed E-state index contributed by atoms with van der Waals surface area (Å²) in [6.07, 6.45) is 4.31. The molecule has 20 heavy (non-hydrogen) atoms. The zero-order chi connectivity index (χ0) is 13.9. The van der Waals surface area contributed by atoms with E-state index < -0.39 is 0 Å². The Labute approximate surface area is 127 Å². The van der Waals surface area contributed by atoms with Crippen LogP contribution in [0.1, 0.15) is 18.4 Å². The van der Waals surface area contributed by atoms with Crippen LogP contribution in [0.3, 0.4) is 0 Å². The molecule has 1 saturated heterocycles. The zero-order valence-corrected chi connectivity index (χ0v) is 13.0. The molecule has 1 aromatic heterocycles. The van der Waals surface area contributed by atoms with Gasteiger partial charge in [-0.05, 0) is 49.6 Å². The summed E-state index contributed by atoms with van der Waals surface area (Å²) >= 11 is 3.51. The molecule has 3 rings (SSSR count). The number of halogens is 1. The average molecular weight is 333 g/mol. The molecule has 0 saturated carbocycles. The fourth-order valence-electron chi connectivity index (χ4n) is 2.38. The largest absolute Gasteiger partial charge is 0.356 e. The molecule has 0 amide bonds. The highest BCUT2D eigenvalue weighted by Gasteiger charge is 2.14. The Kier molecular flexibility index (Phi) is 3.87. The second kappa shape index (κ2) is 5.79. The van der Waals surface area contributed by atoms with Crippen molar-refractivity contribution in [3.05, 3.63) is 40.5 Å². The van der Waals surface area contributed by atoms with E-state index in [2.05, 4.69) is 49.1 Å². The smallest absolute Gasteiger partial charge is 0.229 e. The predicted molar refractivity (Wildman–Crippen MR) is 85.6 cm³/mol. The summed E-state index contributed by atoms with van der Waals surface area (Å²) in [5.74, 6) is 1.66. The van der Waals surface area contributed by atoms with Gasteiger partial charge in [-0.3, -0.25) is 0 Å². The maximum atomic E-state index is 4.59. The molecule has 4 nitrogen and oxygen atoms in total. The van der Waals surface area contributed by atoms with Crippen LogP contribution in [0.2, 0.25) is 0 Å². The molecule has 0 atom stereocenters. The van der Waals surface area contributed by atoms with E-state index in [9.17, 15) is 0 Å². The van der Waals surface area contributed by atoms with Crippen LogP contribution in [0.25, 0.3) is 0 Å². The summed E-state index contributed by atoms with van der Waals surface area (Å²) in [6, 6.07) is 8.10. The van der Waals surface area contributed by atoms with Crippen molar-refractivity contribution in [2.45, 2.75) is 19.8 Å². The maximum Gasteiger partial charge on any atom is 0.229 e. The third-order valence-electron chi connectivity index (χ3n) is 3.49. The van der Waals surface area contributed by atoms with Crippen LogP contribution in [0.5, 0.6) is 0 Å². The van der Waals surface area contributed by atoms with Crippen LogP contribution in [-0.4, -0.2) is 23.1 Å². The molecule has 2 aromatic rings. The molecule has 1 aromatic carbocycles. The number of aryl methyl sites for hydroxylation is 1. The Morgan fingerprint density at radius 2 is 2.00 bits per heavy atom. The van der Waals surface area contributed by atoms with Crippen molar-refractivity contribution in [1.29, 1.82) is 0 Å². The van der Waals surface area contributed by atoms with E-state index in [1.165, 1.54) is 18.4 Å². The molecule has 0 aliphatic carbocycles. The number of nitrogens with one attached hydrogen (secondary N) is 1. The van der Waals surface area contributed by atoms with Crippen LogP contribution < -0.4 is 10.2 Å². The molecule has 2 heterocycles. The van der Waals surface area contributed by atoms with Crippen molar-refractivity contribution in [1.82, 2.24) is 9.97 Å². The summed E-state index contributed by atoms with van der Waals surface area (Å²) in [7, 11) is 0. The van der Waals surface area contributed by atoms with E-state index >= 15 is 0 Å². The molecule has 1 aliphatic rings. The standard InChI is InChI=1S/C15H17BrN4/c1-11-10-12(4-5-13(11)16)18-15-17-7-6-14(19-15)20-8-2-3-9-20/h4-7,10H,2-3,8-9H2,1H3,(H,17,18,19). The minimum Gasteiger partial charge on any atom is -0.356 e. The molecule has 1 fully saturated rings. The third-order valence-corrected chi connectivity index (χ3v) is 4.37. The molecule has 0 unspecified atom stereocenters. The predicted octanol–water partition coefficient (Wildman–Crippen LogP) is 3.89. The Morgan fingerprint density at radius 1 is 1.20 bits per heavy atom. The van der Waals surface area contributed by atoms with Gasteiger partial charge in [0.25, 0.3) is 0 Å². The van der Waals surface area contributed by atoms with E-state index in [0.717, 1.165) is 29.1 Å². The first-order chi connectivity index (χ1) is 9.72. The van der Waals surface area contributed by atoms with Crippen LogP contribution in [0, 0.1) is 6.92 Å². The highest BCUT2D eigenvalue weighted by molar-refractivity contribution is 9.10. The molecular weight excluding hydrogens is 316 g/mol. The Bertz CT molecular complexity index is 609. The summed E-state index contributed by atoms with van der Waals surface area (Å²) in [5, 5.41) is 3.27. The van der Waals surface area contributed by atoms with Gasteiger partial charge in [0.2, 0.25) is 5.95 Å². The minimum absolute atomic E-state index is 0.649. The fourth-order valence-corrected chi connectivity index (χ4v) is 2.63. The number of rotatable bonds is 3. The lowest BCUT2D eigenvalue weighted by Crippen LogP contribution is -2.19. The Hall–Kier alpha value is -1.62. The van der Waals surface area contributed by atoms with Gasteiger partial charge < -0.3 is 10.2 Å². The van der Waals surface area contributed by atoms with Crippen molar-refractivity contribution < 1.29 is 0 Å². The number of nitrogens with zero attached hydrogens (tertiary/aromatic N) is 3. The van der Waals surface area contributed by atoms with Crippen molar-refractivity contribution in [2.24, 2.45) is 0 Å². The monoisotopic (exact) mass is 332 g/mol. The van der Waals surface area contributed by atoms with Gasteiger partial charge in [0.1, 0.15) is 5.82 Å². The normalized spacial score (nSPS) is 14.6. The van der Waals surface area contributed by atoms with Gasteiger partial charge in [0.05, 0.1) is 0 Å². The van der Waals surface area contributed by atoms with E-state index in [-0.39, 0.29) is 0 Å². The lowest BCUT2D eigenvalue weighted by molar-refractivity contribution is 0.930. The second-order valence-electron chi connectivity index (χ2n) is 5.02. The highest BCUT2D eigenvalue weighted by Crippen LogP contribution is 2.23. The van der Waals surface area contributed by atoms with Crippen molar-refractivity contribution in [3.63, 3.8) is 0 Å². The summed E-state index contributed by atoms with van der Waals surface area (Å²) < 4.78 is 1.11. The van der Waals surface area contributed by atoms with E-state index in [4.69, 9.17) is 0 Å². The van der Waals surface area contributed by atoms with Gasteiger partial charge >= 0.3 is 0 Å². The van der Waals surface area contributed by atoms with Gasteiger partial charge in [-0.1, -0.05) is 15.9 Å². The summed E-state index contributed by atoms with van der Waals surface area (Å²) in [5.41, 5.74) is 2.19. The lowest BCUT2D eigenvalue weighted by Gasteiger charge is -2.16. The fraction of sp³-hybridized carbons (Fsp3) is 0.333. The summed E-state index contributed by atoms with van der Waals surface area (Å²) in [6.45, 7) is 4.25. The van der Waals surface area contributed by atoms with E-state index in [1.807, 2.05) is 24.4 Å². The second-order valence-corrected chi connectivity index (χ2v) is 5.88. The minimum atomic E-state index is 0.649. The molecule has 0 radical (unpaired) electrons. The topological polar surface area (TPSA) is 41.1 Å². The first-order valence-corrected chi connectivity index (χ1v) is 7.63. The highest BCUT2D eigenvalue weighted by atomic mass is 79.9. The van der Waals surface area contributed by atoms with Gasteiger partial charge in [-0.2, -0.15) is 4.98 Å². The van der Waals surface area contributed by atoms with Crippen molar-refractivity contribution >= 4 is 33.4 Å². The van der Waals surface area contributed by atoms with Gasteiger partial charge in [-0.25, -0.2) is 4.98 Å². The number of benzene rings is 1. The quantitative estimate of drug-likeness (QED) is 0.925.